The highest BCUT2D eigenvalue weighted by molar-refractivity contribution is 7.07. The molecule has 1 atom stereocenters. The minimum Gasteiger partial charge on any atom is -0.371 e. The molecule has 1 saturated heterocycles. The third kappa shape index (κ3) is 3.17. The molecule has 1 unspecified atom stereocenters. The Balaban J connectivity index is 1.71. The number of rotatable bonds is 4. The summed E-state index contributed by atoms with van der Waals surface area (Å²) in [6, 6.07) is 0. The average Bonchev–Trinajstić information content (AvgIpc) is 2.73. The molecule has 4 nitrogen and oxygen atoms in total. The number of H-pyrrole nitrogens is 1. The first-order valence-electron chi connectivity index (χ1n) is 5.60. The normalized spacial score (nSPS) is 23.8. The molecule has 1 fully saturated rings. The molecule has 90 valence electrons. The van der Waals surface area contributed by atoms with Crippen LogP contribution in [0.4, 0.5) is 0 Å². The average molecular weight is 242 g/mol. The van der Waals surface area contributed by atoms with E-state index in [1.807, 2.05) is 5.38 Å². The molecule has 0 amide bonds. The number of ether oxygens (including phenoxy) is 1. The lowest BCUT2D eigenvalue weighted by Crippen LogP contribution is -2.29. The third-order valence-corrected chi connectivity index (χ3v) is 3.53. The highest BCUT2D eigenvalue weighted by Crippen LogP contribution is 2.28. The lowest BCUT2D eigenvalue weighted by molar-refractivity contribution is -0.0143. The van der Waals surface area contributed by atoms with E-state index in [4.69, 9.17) is 4.74 Å². The first-order valence-corrected chi connectivity index (χ1v) is 6.48. The highest BCUT2D eigenvalue weighted by atomic mass is 32.1. The van der Waals surface area contributed by atoms with Crippen molar-refractivity contribution in [3.63, 3.8) is 0 Å². The zero-order valence-corrected chi connectivity index (χ0v) is 10.5. The van der Waals surface area contributed by atoms with Crippen LogP contribution >= 0.6 is 11.3 Å². The van der Waals surface area contributed by atoms with Gasteiger partial charge in [-0.1, -0.05) is 11.3 Å². The van der Waals surface area contributed by atoms with Gasteiger partial charge < -0.3 is 15.0 Å². The maximum atomic E-state index is 10.9. The van der Waals surface area contributed by atoms with Crippen molar-refractivity contribution in [1.29, 1.82) is 0 Å². The zero-order valence-electron chi connectivity index (χ0n) is 9.71. The Morgan fingerprint density at radius 3 is 3.06 bits per heavy atom. The van der Waals surface area contributed by atoms with Gasteiger partial charge in [-0.2, -0.15) is 0 Å². The largest absolute Gasteiger partial charge is 0.371 e. The summed E-state index contributed by atoms with van der Waals surface area (Å²) in [4.78, 5) is 13.7. The second-order valence-corrected chi connectivity index (χ2v) is 5.68. The van der Waals surface area contributed by atoms with Gasteiger partial charge in [-0.05, 0) is 26.7 Å². The van der Waals surface area contributed by atoms with Gasteiger partial charge in [0.25, 0.3) is 0 Å². The summed E-state index contributed by atoms with van der Waals surface area (Å²) in [5, 5.41) is 5.16. The summed E-state index contributed by atoms with van der Waals surface area (Å²) in [6.45, 7) is 5.81. The molecule has 2 rings (SSSR count). The molecule has 2 N–H and O–H groups in total. The summed E-state index contributed by atoms with van der Waals surface area (Å²) < 4.78 is 5.86. The molecule has 0 radical (unpaired) electrons. The summed E-state index contributed by atoms with van der Waals surface area (Å²) in [5.41, 5.74) is 0.982. The number of hydrogen-bond donors (Lipinski definition) is 2. The van der Waals surface area contributed by atoms with E-state index in [0.717, 1.165) is 25.1 Å². The third-order valence-electron chi connectivity index (χ3n) is 2.81. The fourth-order valence-electron chi connectivity index (χ4n) is 1.99. The van der Waals surface area contributed by atoms with Crippen molar-refractivity contribution in [2.45, 2.75) is 44.9 Å². The van der Waals surface area contributed by atoms with Gasteiger partial charge in [0, 0.05) is 24.2 Å². The molecule has 2 heterocycles. The zero-order chi connectivity index (χ0) is 11.6. The van der Waals surface area contributed by atoms with Crippen LogP contribution in [0.15, 0.2) is 10.2 Å². The van der Waals surface area contributed by atoms with E-state index < -0.39 is 0 Å². The maximum absolute atomic E-state index is 10.9. The molecule has 1 aromatic heterocycles. The molecule has 0 aromatic carbocycles. The van der Waals surface area contributed by atoms with Gasteiger partial charge in [0.05, 0.1) is 11.7 Å². The van der Waals surface area contributed by atoms with Gasteiger partial charge in [0.15, 0.2) is 0 Å². The van der Waals surface area contributed by atoms with E-state index in [2.05, 4.69) is 24.1 Å². The molecule has 1 aromatic rings. The van der Waals surface area contributed by atoms with Crippen LogP contribution in [0.5, 0.6) is 0 Å². The second-order valence-electron chi connectivity index (χ2n) is 4.84. The standard InChI is InChI=1S/C11H18N2O2S/c1-11(2)4-3-9(15-11)6-12-5-8-7-16-10(14)13-8/h7,9,12H,3-6H2,1-2H3,(H,13,14). The Morgan fingerprint density at radius 2 is 2.50 bits per heavy atom. The number of aromatic amines is 1. The topological polar surface area (TPSA) is 54.1 Å². The second kappa shape index (κ2) is 4.69. The molecule has 0 spiro atoms. The number of hydrogen-bond acceptors (Lipinski definition) is 4. The van der Waals surface area contributed by atoms with Gasteiger partial charge in [-0.3, -0.25) is 4.79 Å². The molecular formula is C11H18N2O2S. The lowest BCUT2D eigenvalue weighted by Gasteiger charge is -2.19. The van der Waals surface area contributed by atoms with E-state index in [-0.39, 0.29) is 10.5 Å². The van der Waals surface area contributed by atoms with Crippen molar-refractivity contribution >= 4 is 11.3 Å². The Bertz CT molecular complexity index is 397. The van der Waals surface area contributed by atoms with Gasteiger partial charge in [-0.15, -0.1) is 0 Å². The van der Waals surface area contributed by atoms with Crippen LogP contribution in [-0.4, -0.2) is 23.2 Å². The molecule has 1 aliphatic rings. The molecule has 0 aliphatic carbocycles. The fraction of sp³-hybridized carbons (Fsp3) is 0.727. The highest BCUT2D eigenvalue weighted by Gasteiger charge is 2.30. The van der Waals surface area contributed by atoms with Crippen LogP contribution in [-0.2, 0) is 11.3 Å². The van der Waals surface area contributed by atoms with Crippen molar-refractivity contribution in [1.82, 2.24) is 10.3 Å². The van der Waals surface area contributed by atoms with Crippen LogP contribution < -0.4 is 10.2 Å². The van der Waals surface area contributed by atoms with Crippen LogP contribution in [0.3, 0.4) is 0 Å². The molecule has 0 bridgehead atoms. The molecule has 1 aliphatic heterocycles. The quantitative estimate of drug-likeness (QED) is 0.841. The molecule has 0 saturated carbocycles. The van der Waals surface area contributed by atoms with Gasteiger partial charge in [-0.25, -0.2) is 0 Å². The van der Waals surface area contributed by atoms with Crippen LogP contribution in [0.1, 0.15) is 32.4 Å². The summed E-state index contributed by atoms with van der Waals surface area (Å²) in [5.74, 6) is 0. The van der Waals surface area contributed by atoms with E-state index in [0.29, 0.717) is 12.6 Å². The van der Waals surface area contributed by atoms with Crippen LogP contribution in [0.2, 0.25) is 0 Å². The Kier molecular flexibility index (Phi) is 3.47. The monoisotopic (exact) mass is 242 g/mol. The van der Waals surface area contributed by atoms with Crippen LogP contribution in [0.25, 0.3) is 0 Å². The van der Waals surface area contributed by atoms with E-state index in [9.17, 15) is 4.79 Å². The maximum Gasteiger partial charge on any atom is 0.304 e. The Hall–Kier alpha value is -0.650. The van der Waals surface area contributed by atoms with E-state index in [1.54, 1.807) is 0 Å². The minimum absolute atomic E-state index is 0.00931. The first kappa shape index (κ1) is 11.8. The van der Waals surface area contributed by atoms with Gasteiger partial charge in [0.1, 0.15) is 0 Å². The van der Waals surface area contributed by atoms with E-state index in [1.165, 1.54) is 11.3 Å². The molecule has 16 heavy (non-hydrogen) atoms. The molecular weight excluding hydrogens is 224 g/mol. The Morgan fingerprint density at radius 1 is 1.69 bits per heavy atom. The van der Waals surface area contributed by atoms with E-state index >= 15 is 0 Å². The van der Waals surface area contributed by atoms with Crippen molar-refractivity contribution in [3.05, 3.63) is 20.7 Å². The summed E-state index contributed by atoms with van der Waals surface area (Å²) >= 11 is 1.20. The summed E-state index contributed by atoms with van der Waals surface area (Å²) in [7, 11) is 0. The van der Waals surface area contributed by atoms with Crippen molar-refractivity contribution in [2.24, 2.45) is 0 Å². The SMILES string of the molecule is CC1(C)CCC(CNCc2csc(=O)[nH]2)O1. The van der Waals surface area contributed by atoms with Gasteiger partial charge in [0.2, 0.25) is 0 Å². The number of nitrogens with one attached hydrogen (secondary N) is 2. The number of aromatic nitrogens is 1. The van der Waals surface area contributed by atoms with Crippen molar-refractivity contribution < 1.29 is 4.74 Å². The fourth-order valence-corrected chi connectivity index (χ4v) is 2.57. The van der Waals surface area contributed by atoms with Crippen molar-refractivity contribution in [3.8, 4) is 0 Å². The lowest BCUT2D eigenvalue weighted by atomic mass is 10.1. The predicted octanol–water partition coefficient (Wildman–Crippen LogP) is 1.48. The number of thiazole rings is 1. The predicted molar refractivity (Wildman–Crippen MR) is 64.8 cm³/mol. The summed E-state index contributed by atoms with van der Waals surface area (Å²) in [6.07, 6.45) is 2.54. The Labute approximate surface area is 99.0 Å². The molecule has 5 heteroatoms. The van der Waals surface area contributed by atoms with Crippen molar-refractivity contribution in [2.75, 3.05) is 6.54 Å². The smallest absolute Gasteiger partial charge is 0.304 e. The van der Waals surface area contributed by atoms with Crippen LogP contribution in [0, 0.1) is 0 Å². The van der Waals surface area contributed by atoms with Gasteiger partial charge >= 0.3 is 4.87 Å². The minimum atomic E-state index is 0.00931. The first-order chi connectivity index (χ1) is 7.55.